The molecule has 0 aliphatic rings. The van der Waals surface area contributed by atoms with Crippen molar-refractivity contribution in [3.63, 3.8) is 0 Å². The molecule has 15 heavy (non-hydrogen) atoms. The minimum atomic E-state index is -1.97. The fourth-order valence-corrected chi connectivity index (χ4v) is 1.59. The van der Waals surface area contributed by atoms with Crippen LogP contribution in [0.25, 0.3) is 0 Å². The lowest BCUT2D eigenvalue weighted by Crippen LogP contribution is -2.42. The Hall–Kier alpha value is -0.260. The van der Waals surface area contributed by atoms with Gasteiger partial charge < -0.3 is 23.5 Å². The molecule has 6 nitrogen and oxygen atoms in total. The molecule has 2 atom stereocenters. The van der Waals surface area contributed by atoms with Gasteiger partial charge in [-0.1, -0.05) is 0 Å². The van der Waals surface area contributed by atoms with Crippen LogP contribution >= 0.6 is 8.60 Å². The summed E-state index contributed by atoms with van der Waals surface area (Å²) in [5.74, 6) is -0.951. The van der Waals surface area contributed by atoms with Crippen LogP contribution in [0, 0.1) is 0 Å². The van der Waals surface area contributed by atoms with Crippen molar-refractivity contribution in [2.45, 2.75) is 12.5 Å². The molecule has 0 radical (unpaired) electrons. The first-order chi connectivity index (χ1) is 6.74. The van der Waals surface area contributed by atoms with Gasteiger partial charge in [0.2, 0.25) is 0 Å². The number of carboxylic acid groups (broad SMARTS) is 1. The predicted molar refractivity (Wildman–Crippen MR) is 56.2 cm³/mol. The maximum atomic E-state index is 10.6. The van der Waals surface area contributed by atoms with Gasteiger partial charge in [-0.2, -0.15) is 0 Å². The maximum Gasteiger partial charge on any atom is 0.330 e. The minimum Gasteiger partial charge on any atom is -0.481 e. The van der Waals surface area contributed by atoms with Crippen molar-refractivity contribution in [2.24, 2.45) is 0 Å². The molecule has 0 aliphatic heterocycles. The molecule has 0 rings (SSSR count). The Morgan fingerprint density at radius 2 is 2.00 bits per heavy atom. The van der Waals surface area contributed by atoms with E-state index in [-0.39, 0.29) is 6.42 Å². The zero-order valence-electron chi connectivity index (χ0n) is 9.51. The van der Waals surface area contributed by atoms with Gasteiger partial charge in [0.25, 0.3) is 0 Å². The van der Waals surface area contributed by atoms with Crippen LogP contribution < -0.4 is 0 Å². The van der Waals surface area contributed by atoms with E-state index in [9.17, 15) is 4.79 Å². The molecule has 0 amide bonds. The van der Waals surface area contributed by atoms with E-state index in [0.29, 0.717) is 11.0 Å². The Morgan fingerprint density at radius 1 is 1.47 bits per heavy atom. The summed E-state index contributed by atoms with van der Waals surface area (Å²) >= 11 is 0. The minimum absolute atomic E-state index is 0.141. The van der Waals surface area contributed by atoms with Gasteiger partial charge in [0, 0.05) is 7.11 Å². The van der Waals surface area contributed by atoms with Crippen LogP contribution in [0.1, 0.15) is 6.42 Å². The number of hydrogen-bond donors (Lipinski definition) is 2. The van der Waals surface area contributed by atoms with Gasteiger partial charge in [0.15, 0.2) is 0 Å². The summed E-state index contributed by atoms with van der Waals surface area (Å²) in [6, 6.07) is 0. The second-order valence-electron chi connectivity index (χ2n) is 4.22. The van der Waals surface area contributed by atoms with Crippen LogP contribution in [0.4, 0.5) is 0 Å². The van der Waals surface area contributed by atoms with Crippen LogP contribution in [0.5, 0.6) is 0 Å². The summed E-state index contributed by atoms with van der Waals surface area (Å²) in [5.41, 5.74) is 0. The van der Waals surface area contributed by atoms with Crippen LogP contribution in [0.3, 0.4) is 0 Å². The highest BCUT2D eigenvalue weighted by Crippen LogP contribution is 2.34. The Bertz CT molecular complexity index is 206. The van der Waals surface area contributed by atoms with E-state index in [1.165, 1.54) is 7.11 Å². The number of quaternary nitrogens is 1. The molecule has 0 aliphatic carbocycles. The van der Waals surface area contributed by atoms with Crippen molar-refractivity contribution in [3.05, 3.63) is 0 Å². The monoisotopic (exact) mass is 240 g/mol. The van der Waals surface area contributed by atoms with Gasteiger partial charge in [0.05, 0.1) is 27.6 Å². The SMILES string of the molecule is COP(O)O[C@H](CC(=O)O)C[N+](C)(C)C. The number of rotatable bonds is 7. The molecule has 90 valence electrons. The van der Waals surface area contributed by atoms with Crippen molar-refractivity contribution >= 4 is 14.6 Å². The first-order valence-electron chi connectivity index (χ1n) is 4.46. The van der Waals surface area contributed by atoms with Gasteiger partial charge in [-0.15, -0.1) is 0 Å². The third-order valence-corrected chi connectivity index (χ3v) is 2.34. The second kappa shape index (κ2) is 6.35. The molecule has 0 saturated carbocycles. The first-order valence-corrected chi connectivity index (χ1v) is 5.60. The van der Waals surface area contributed by atoms with Crippen LogP contribution in [0.2, 0.25) is 0 Å². The Labute approximate surface area is 91.0 Å². The lowest BCUT2D eigenvalue weighted by Gasteiger charge is -2.28. The van der Waals surface area contributed by atoms with Crippen molar-refractivity contribution in [1.29, 1.82) is 0 Å². The van der Waals surface area contributed by atoms with E-state index in [1.807, 2.05) is 21.1 Å². The predicted octanol–water partition coefficient (Wildman–Crippen LogP) is 0.418. The Kier molecular flexibility index (Phi) is 6.24. The first kappa shape index (κ1) is 14.7. The molecule has 0 spiro atoms. The average Bonchev–Trinajstić information content (AvgIpc) is 1.99. The van der Waals surface area contributed by atoms with Gasteiger partial charge in [-0.25, -0.2) is 0 Å². The van der Waals surface area contributed by atoms with Crippen LogP contribution in [-0.2, 0) is 13.8 Å². The van der Waals surface area contributed by atoms with Crippen molar-refractivity contribution in [1.82, 2.24) is 0 Å². The highest BCUT2D eigenvalue weighted by atomic mass is 31.2. The summed E-state index contributed by atoms with van der Waals surface area (Å²) in [6.45, 7) is 0.495. The molecule has 2 N–H and O–H groups in total. The standard InChI is InChI=1S/C8H18NO5P/c1-9(2,3)6-7(5-8(10)11)14-15(12)13-4/h7,12H,5-6H2,1-4H3/p+1/t7-,15?/m1/s1. The van der Waals surface area contributed by atoms with Crippen LogP contribution in [0.15, 0.2) is 0 Å². The summed E-state index contributed by atoms with van der Waals surface area (Å²) in [4.78, 5) is 19.7. The normalized spacial score (nSPS) is 16.1. The van der Waals surface area contributed by atoms with E-state index in [1.54, 1.807) is 0 Å². The molecule has 0 saturated heterocycles. The van der Waals surface area contributed by atoms with Gasteiger partial charge >= 0.3 is 14.6 Å². The van der Waals surface area contributed by atoms with Gasteiger partial charge in [0.1, 0.15) is 12.6 Å². The number of aliphatic carboxylic acids is 1. The largest absolute Gasteiger partial charge is 0.481 e. The lowest BCUT2D eigenvalue weighted by atomic mass is 10.2. The summed E-state index contributed by atoms with van der Waals surface area (Å²) in [6.07, 6.45) is -0.684. The summed E-state index contributed by atoms with van der Waals surface area (Å²) in [7, 11) is 5.10. The summed E-state index contributed by atoms with van der Waals surface area (Å²) in [5, 5.41) is 8.66. The molecular formula is C8H19NO5P+. The molecule has 0 aromatic heterocycles. The third kappa shape index (κ3) is 8.72. The number of carboxylic acids is 1. The third-order valence-electron chi connectivity index (χ3n) is 1.55. The molecule has 0 aromatic rings. The fourth-order valence-electron chi connectivity index (χ4n) is 1.11. The molecule has 7 heteroatoms. The molecule has 0 fully saturated rings. The Balaban J connectivity index is 4.24. The number of carbonyl (C=O) groups is 1. The van der Waals surface area contributed by atoms with Crippen molar-refractivity contribution in [3.8, 4) is 0 Å². The summed E-state index contributed by atoms with van der Waals surface area (Å²) < 4.78 is 10.2. The number of hydrogen-bond acceptors (Lipinski definition) is 4. The van der Waals surface area contributed by atoms with Gasteiger partial charge in [-0.05, 0) is 0 Å². The van der Waals surface area contributed by atoms with E-state index in [4.69, 9.17) is 14.5 Å². The molecule has 0 heterocycles. The fraction of sp³-hybridized carbons (Fsp3) is 0.875. The molecule has 1 unspecified atom stereocenters. The van der Waals surface area contributed by atoms with Gasteiger partial charge in [-0.3, -0.25) is 4.79 Å². The average molecular weight is 240 g/mol. The molecular weight excluding hydrogens is 221 g/mol. The topological polar surface area (TPSA) is 76.0 Å². The maximum absolute atomic E-state index is 10.6. The number of nitrogens with zero attached hydrogens (tertiary/aromatic N) is 1. The Morgan fingerprint density at radius 3 is 2.33 bits per heavy atom. The highest BCUT2D eigenvalue weighted by Gasteiger charge is 2.25. The van der Waals surface area contributed by atoms with E-state index < -0.39 is 20.7 Å². The second-order valence-corrected chi connectivity index (χ2v) is 5.27. The number of likely N-dealkylation sites (N-methyl/N-ethyl adjacent to an activating group) is 1. The quantitative estimate of drug-likeness (QED) is 0.498. The highest BCUT2D eigenvalue weighted by molar-refractivity contribution is 7.40. The molecule has 0 bridgehead atoms. The lowest BCUT2D eigenvalue weighted by molar-refractivity contribution is -0.873. The van der Waals surface area contributed by atoms with Crippen LogP contribution in [-0.4, -0.2) is 61.4 Å². The van der Waals surface area contributed by atoms with E-state index in [0.717, 1.165) is 0 Å². The van der Waals surface area contributed by atoms with Crippen molar-refractivity contribution in [2.75, 3.05) is 34.8 Å². The zero-order valence-corrected chi connectivity index (χ0v) is 10.4. The van der Waals surface area contributed by atoms with Crippen molar-refractivity contribution < 1.29 is 28.3 Å². The van der Waals surface area contributed by atoms with E-state index in [2.05, 4.69) is 4.52 Å². The van der Waals surface area contributed by atoms with E-state index >= 15 is 0 Å². The zero-order chi connectivity index (χ0) is 12.1. The molecule has 0 aromatic carbocycles. The smallest absolute Gasteiger partial charge is 0.330 e.